The second-order valence-corrected chi connectivity index (χ2v) is 7.48. The Morgan fingerprint density at radius 1 is 0.963 bits per heavy atom. The van der Waals surface area contributed by atoms with Gasteiger partial charge in [-0.3, -0.25) is 9.69 Å². The summed E-state index contributed by atoms with van der Waals surface area (Å²) >= 11 is 0. The summed E-state index contributed by atoms with van der Waals surface area (Å²) < 4.78 is 0. The number of carbonyl (C=O) groups excluding carboxylic acids is 1. The molecule has 4 rings (SSSR count). The molecule has 0 aromatic heterocycles. The number of phenolic OH excluding ortho intramolecular Hbond substituents is 1. The van der Waals surface area contributed by atoms with Crippen LogP contribution < -0.4 is 10.2 Å². The topological polar surface area (TPSA) is 55.8 Å². The van der Waals surface area contributed by atoms with Crippen molar-refractivity contribution < 1.29 is 9.90 Å². The zero-order chi connectivity index (χ0) is 18.6. The van der Waals surface area contributed by atoms with E-state index >= 15 is 0 Å². The van der Waals surface area contributed by atoms with E-state index in [1.54, 1.807) is 12.1 Å². The summed E-state index contributed by atoms with van der Waals surface area (Å²) in [6, 6.07) is 13.7. The van der Waals surface area contributed by atoms with Crippen LogP contribution in [0.5, 0.6) is 5.75 Å². The summed E-state index contributed by atoms with van der Waals surface area (Å²) in [5.74, 6) is 0.390. The van der Waals surface area contributed by atoms with Crippen LogP contribution >= 0.6 is 0 Å². The van der Waals surface area contributed by atoms with Gasteiger partial charge in [-0.25, -0.2) is 0 Å². The maximum atomic E-state index is 12.3. The molecule has 1 aliphatic heterocycles. The zero-order valence-electron chi connectivity index (χ0n) is 15.7. The molecule has 0 atom stereocenters. The highest BCUT2D eigenvalue weighted by Crippen LogP contribution is 2.25. The van der Waals surface area contributed by atoms with E-state index in [0.717, 1.165) is 50.5 Å². The summed E-state index contributed by atoms with van der Waals surface area (Å²) in [4.78, 5) is 17.0. The number of hydrogen-bond donors (Lipinski definition) is 2. The van der Waals surface area contributed by atoms with Gasteiger partial charge < -0.3 is 15.3 Å². The van der Waals surface area contributed by atoms with Crippen molar-refractivity contribution in [2.45, 2.75) is 25.7 Å². The van der Waals surface area contributed by atoms with Gasteiger partial charge in [0, 0.05) is 50.5 Å². The van der Waals surface area contributed by atoms with Crippen LogP contribution in [0.2, 0.25) is 0 Å². The first kappa shape index (κ1) is 17.9. The first-order chi connectivity index (χ1) is 13.2. The van der Waals surface area contributed by atoms with Crippen LogP contribution in [-0.2, 0) is 17.6 Å². The molecule has 5 heteroatoms. The Kier molecular flexibility index (Phi) is 5.30. The van der Waals surface area contributed by atoms with Crippen molar-refractivity contribution in [2.24, 2.45) is 0 Å². The van der Waals surface area contributed by atoms with Crippen LogP contribution in [0, 0.1) is 0 Å². The Morgan fingerprint density at radius 2 is 1.70 bits per heavy atom. The number of aryl methyl sites for hydroxylation is 2. The molecule has 2 aromatic rings. The number of aromatic hydroxyl groups is 1. The maximum Gasteiger partial charge on any atom is 0.225 e. The van der Waals surface area contributed by atoms with Crippen molar-refractivity contribution >= 4 is 17.3 Å². The molecule has 0 radical (unpaired) electrons. The van der Waals surface area contributed by atoms with Crippen molar-refractivity contribution in [2.75, 3.05) is 42.9 Å². The van der Waals surface area contributed by atoms with E-state index in [2.05, 4.69) is 27.2 Å². The minimum absolute atomic E-state index is 0.0916. The molecule has 0 spiro atoms. The number of amides is 1. The number of rotatable bonds is 5. The largest absolute Gasteiger partial charge is 0.508 e. The van der Waals surface area contributed by atoms with Crippen LogP contribution in [0.15, 0.2) is 42.5 Å². The van der Waals surface area contributed by atoms with Crippen molar-refractivity contribution in [1.29, 1.82) is 0 Å². The Labute approximate surface area is 160 Å². The van der Waals surface area contributed by atoms with Gasteiger partial charge in [-0.2, -0.15) is 0 Å². The van der Waals surface area contributed by atoms with Crippen LogP contribution in [-0.4, -0.2) is 48.6 Å². The molecule has 2 N–H and O–H groups in total. The second-order valence-electron chi connectivity index (χ2n) is 7.48. The summed E-state index contributed by atoms with van der Waals surface area (Å²) in [7, 11) is 0. The van der Waals surface area contributed by atoms with Crippen LogP contribution in [0.3, 0.4) is 0 Å². The van der Waals surface area contributed by atoms with E-state index in [0.29, 0.717) is 12.2 Å². The third kappa shape index (κ3) is 4.42. The highest BCUT2D eigenvalue weighted by molar-refractivity contribution is 5.91. The molecule has 1 aliphatic carbocycles. The molecule has 1 saturated heterocycles. The maximum absolute atomic E-state index is 12.3. The molecular weight excluding hydrogens is 338 g/mol. The molecule has 0 unspecified atom stereocenters. The minimum atomic E-state index is 0.0916. The average molecular weight is 365 g/mol. The molecule has 1 heterocycles. The van der Waals surface area contributed by atoms with Gasteiger partial charge in [0.05, 0.1) is 0 Å². The van der Waals surface area contributed by atoms with Crippen molar-refractivity contribution in [3.63, 3.8) is 0 Å². The number of phenols is 1. The number of fused-ring (bicyclic) bond motifs is 1. The Morgan fingerprint density at radius 3 is 2.48 bits per heavy atom. The Bertz CT molecular complexity index is 796. The normalized spacial score (nSPS) is 17.0. The molecule has 2 aliphatic rings. The van der Waals surface area contributed by atoms with Crippen molar-refractivity contribution in [1.82, 2.24) is 4.90 Å². The second kappa shape index (κ2) is 8.01. The smallest absolute Gasteiger partial charge is 0.225 e. The van der Waals surface area contributed by atoms with Gasteiger partial charge in [0.2, 0.25) is 5.91 Å². The summed E-state index contributed by atoms with van der Waals surface area (Å²) in [5.41, 5.74) is 4.89. The van der Waals surface area contributed by atoms with E-state index in [1.165, 1.54) is 24.0 Å². The fourth-order valence-corrected chi connectivity index (χ4v) is 4.03. The number of nitrogens with one attached hydrogen (secondary N) is 1. The summed E-state index contributed by atoms with van der Waals surface area (Å²) in [6.07, 6.45) is 4.04. The van der Waals surface area contributed by atoms with Crippen molar-refractivity contribution in [3.05, 3.63) is 53.6 Å². The number of hydrogen-bond acceptors (Lipinski definition) is 4. The van der Waals surface area contributed by atoms with Crippen LogP contribution in [0.1, 0.15) is 24.0 Å². The van der Waals surface area contributed by atoms with E-state index in [-0.39, 0.29) is 5.91 Å². The number of carbonyl (C=O) groups is 1. The van der Waals surface area contributed by atoms with E-state index in [4.69, 9.17) is 0 Å². The zero-order valence-corrected chi connectivity index (χ0v) is 15.7. The van der Waals surface area contributed by atoms with Gasteiger partial charge in [-0.1, -0.05) is 6.07 Å². The molecule has 142 valence electrons. The quantitative estimate of drug-likeness (QED) is 0.855. The standard InChI is InChI=1S/C22H27N3O2/c26-21-8-6-20(7-9-21)25-14-12-24(13-15-25)11-10-22(27)23-19-5-4-17-2-1-3-18(17)16-19/h4-9,16,26H,1-3,10-15H2,(H,23,27). The lowest BCUT2D eigenvalue weighted by Crippen LogP contribution is -2.47. The SMILES string of the molecule is O=C(CCN1CCN(c2ccc(O)cc2)CC1)Nc1ccc2c(c1)CCC2. The fourth-order valence-electron chi connectivity index (χ4n) is 4.03. The van der Waals surface area contributed by atoms with Gasteiger partial charge in [-0.15, -0.1) is 0 Å². The third-order valence-corrected chi connectivity index (χ3v) is 5.62. The number of nitrogens with zero attached hydrogens (tertiary/aromatic N) is 2. The van der Waals surface area contributed by atoms with Crippen LogP contribution in [0.4, 0.5) is 11.4 Å². The molecule has 27 heavy (non-hydrogen) atoms. The Hall–Kier alpha value is -2.53. The lowest BCUT2D eigenvalue weighted by molar-refractivity contribution is -0.116. The van der Waals surface area contributed by atoms with Gasteiger partial charge in [0.25, 0.3) is 0 Å². The molecular formula is C22H27N3O2. The van der Waals surface area contributed by atoms with Gasteiger partial charge in [0.15, 0.2) is 0 Å². The Balaban J connectivity index is 1.21. The number of piperazine rings is 1. The highest BCUT2D eigenvalue weighted by atomic mass is 16.3. The lowest BCUT2D eigenvalue weighted by atomic mass is 10.1. The van der Waals surface area contributed by atoms with Crippen LogP contribution in [0.25, 0.3) is 0 Å². The number of anilines is 2. The molecule has 1 amide bonds. The summed E-state index contributed by atoms with van der Waals surface area (Å²) in [5, 5.41) is 12.5. The van der Waals surface area contributed by atoms with Gasteiger partial charge in [0.1, 0.15) is 5.75 Å². The lowest BCUT2D eigenvalue weighted by Gasteiger charge is -2.36. The first-order valence-corrected chi connectivity index (χ1v) is 9.85. The predicted molar refractivity (Wildman–Crippen MR) is 108 cm³/mol. The number of benzene rings is 2. The fraction of sp³-hybridized carbons (Fsp3) is 0.409. The molecule has 0 bridgehead atoms. The van der Waals surface area contributed by atoms with Gasteiger partial charge in [-0.05, 0) is 66.8 Å². The first-order valence-electron chi connectivity index (χ1n) is 9.85. The summed E-state index contributed by atoms with van der Waals surface area (Å²) in [6.45, 7) is 4.58. The van der Waals surface area contributed by atoms with E-state index in [9.17, 15) is 9.90 Å². The highest BCUT2D eigenvalue weighted by Gasteiger charge is 2.18. The average Bonchev–Trinajstić information content (AvgIpc) is 3.15. The van der Waals surface area contributed by atoms with E-state index in [1.807, 2.05) is 18.2 Å². The third-order valence-electron chi connectivity index (χ3n) is 5.62. The predicted octanol–water partition coefficient (Wildman–Crippen LogP) is 3.03. The minimum Gasteiger partial charge on any atom is -0.508 e. The van der Waals surface area contributed by atoms with Gasteiger partial charge >= 0.3 is 0 Å². The molecule has 1 fully saturated rings. The monoisotopic (exact) mass is 365 g/mol. The van der Waals surface area contributed by atoms with Crippen molar-refractivity contribution in [3.8, 4) is 5.75 Å². The van der Waals surface area contributed by atoms with E-state index < -0.39 is 0 Å². The molecule has 5 nitrogen and oxygen atoms in total. The molecule has 0 saturated carbocycles. The molecule has 2 aromatic carbocycles.